The molecule has 2 aliphatic rings. The number of aromatic nitrogens is 4. The molecule has 1 amide bonds. The fourth-order valence-corrected chi connectivity index (χ4v) is 5.15. The van der Waals surface area contributed by atoms with Crippen LogP contribution < -0.4 is 25.6 Å². The lowest BCUT2D eigenvalue weighted by atomic mass is 9.95. The van der Waals surface area contributed by atoms with Crippen molar-refractivity contribution in [3.8, 4) is 5.75 Å². The van der Waals surface area contributed by atoms with Crippen molar-refractivity contribution in [2.75, 3.05) is 61.9 Å². The quantitative estimate of drug-likeness (QED) is 0.346. The van der Waals surface area contributed by atoms with E-state index in [0.717, 1.165) is 74.0 Å². The van der Waals surface area contributed by atoms with E-state index in [1.807, 2.05) is 6.07 Å². The number of ether oxygens (including phenoxy) is 1. The zero-order valence-corrected chi connectivity index (χ0v) is 21.7. The summed E-state index contributed by atoms with van der Waals surface area (Å²) in [7, 11) is 1.68. The van der Waals surface area contributed by atoms with E-state index in [1.165, 1.54) is 19.3 Å². The smallest absolute Gasteiger partial charge is 0.231 e. The first-order valence-electron chi connectivity index (χ1n) is 13.2. The summed E-state index contributed by atoms with van der Waals surface area (Å²) in [4.78, 5) is 32.8. The molecule has 37 heavy (non-hydrogen) atoms. The van der Waals surface area contributed by atoms with Crippen LogP contribution in [0.4, 0.5) is 23.1 Å². The Bertz CT molecular complexity index is 1200. The molecule has 0 atom stereocenters. The second kappa shape index (κ2) is 11.6. The standard InChI is InChI=1S/C26H37N9O2/c1-18(36)27-10-11-34-12-14-35(15-13-34)20-8-9-21(22(16-20)37-2)31-26-32-24-23(28-17-29-24)25(33-26)30-19-6-4-3-5-7-19/h8-9,16-17,19H,3-7,10-15H2,1-2H3,(H,27,36)(H3,28,29,30,31,32,33). The van der Waals surface area contributed by atoms with Crippen LogP contribution in [0.5, 0.6) is 5.75 Å². The number of hydrogen-bond acceptors (Lipinski definition) is 9. The number of hydrogen-bond donors (Lipinski definition) is 4. The number of H-pyrrole nitrogens is 1. The number of methoxy groups -OCH3 is 1. The van der Waals surface area contributed by atoms with Gasteiger partial charge in [-0.1, -0.05) is 19.3 Å². The van der Waals surface area contributed by atoms with Crippen LogP contribution in [-0.2, 0) is 4.79 Å². The second-order valence-corrected chi connectivity index (χ2v) is 9.80. The van der Waals surface area contributed by atoms with E-state index in [2.05, 4.69) is 52.8 Å². The molecule has 5 rings (SSSR count). The summed E-state index contributed by atoms with van der Waals surface area (Å²) in [6.45, 7) is 6.87. The van der Waals surface area contributed by atoms with E-state index in [4.69, 9.17) is 9.72 Å². The Balaban J connectivity index is 1.26. The van der Waals surface area contributed by atoms with Crippen LogP contribution >= 0.6 is 0 Å². The summed E-state index contributed by atoms with van der Waals surface area (Å²) < 4.78 is 5.74. The van der Waals surface area contributed by atoms with Gasteiger partial charge < -0.3 is 30.6 Å². The maximum Gasteiger partial charge on any atom is 0.231 e. The van der Waals surface area contributed by atoms with Crippen molar-refractivity contribution in [2.24, 2.45) is 0 Å². The molecule has 3 aromatic rings. The molecule has 1 aliphatic heterocycles. The van der Waals surface area contributed by atoms with Gasteiger partial charge in [0.1, 0.15) is 11.3 Å². The van der Waals surface area contributed by atoms with Crippen molar-refractivity contribution in [3.05, 3.63) is 24.5 Å². The van der Waals surface area contributed by atoms with Gasteiger partial charge in [0.2, 0.25) is 11.9 Å². The molecule has 0 bridgehead atoms. The zero-order chi connectivity index (χ0) is 25.6. The highest BCUT2D eigenvalue weighted by atomic mass is 16.5. The molecule has 0 unspecified atom stereocenters. The molecule has 198 valence electrons. The Morgan fingerprint density at radius 1 is 1.14 bits per heavy atom. The third-order valence-corrected chi connectivity index (χ3v) is 7.20. The molecule has 4 N–H and O–H groups in total. The number of imidazole rings is 1. The Kier molecular flexibility index (Phi) is 7.88. The molecule has 2 fully saturated rings. The van der Waals surface area contributed by atoms with Crippen molar-refractivity contribution in [2.45, 2.75) is 45.1 Å². The molecule has 1 aromatic carbocycles. The highest BCUT2D eigenvalue weighted by Gasteiger charge is 2.20. The highest BCUT2D eigenvalue weighted by Crippen LogP contribution is 2.33. The SMILES string of the molecule is COc1cc(N2CCN(CCNC(C)=O)CC2)ccc1Nc1nc(NC2CCCCC2)c2nc[nH]c2n1. The van der Waals surface area contributed by atoms with Gasteiger partial charge in [-0.25, -0.2) is 4.98 Å². The fourth-order valence-electron chi connectivity index (χ4n) is 5.15. The summed E-state index contributed by atoms with van der Waals surface area (Å²) >= 11 is 0. The van der Waals surface area contributed by atoms with Crippen molar-refractivity contribution < 1.29 is 9.53 Å². The minimum Gasteiger partial charge on any atom is -0.494 e. The average Bonchev–Trinajstić information content (AvgIpc) is 3.39. The number of carbonyl (C=O) groups excluding carboxylic acids is 1. The molecule has 1 saturated heterocycles. The summed E-state index contributed by atoms with van der Waals surface area (Å²) in [5.41, 5.74) is 3.38. The van der Waals surface area contributed by atoms with Gasteiger partial charge in [0, 0.05) is 64.0 Å². The first kappa shape index (κ1) is 25.1. The molecule has 1 saturated carbocycles. The molecule has 0 radical (unpaired) electrons. The number of amides is 1. The van der Waals surface area contributed by atoms with Crippen LogP contribution in [0.1, 0.15) is 39.0 Å². The number of fused-ring (bicyclic) bond motifs is 1. The van der Waals surface area contributed by atoms with Crippen molar-refractivity contribution >= 4 is 40.2 Å². The molecule has 0 spiro atoms. The van der Waals surface area contributed by atoms with Gasteiger partial charge >= 0.3 is 0 Å². The van der Waals surface area contributed by atoms with Crippen molar-refractivity contribution in [3.63, 3.8) is 0 Å². The van der Waals surface area contributed by atoms with Gasteiger partial charge in [-0.3, -0.25) is 9.69 Å². The average molecular weight is 508 g/mol. The number of nitrogens with zero attached hydrogens (tertiary/aromatic N) is 5. The molecule has 11 heteroatoms. The lowest BCUT2D eigenvalue weighted by molar-refractivity contribution is -0.119. The normalized spacial score (nSPS) is 17.1. The van der Waals surface area contributed by atoms with Crippen molar-refractivity contribution in [1.82, 2.24) is 30.2 Å². The molecular weight excluding hydrogens is 470 g/mol. The maximum atomic E-state index is 11.1. The number of carbonyl (C=O) groups is 1. The topological polar surface area (TPSA) is 123 Å². The summed E-state index contributed by atoms with van der Waals surface area (Å²) in [6.07, 6.45) is 7.75. The number of piperazine rings is 1. The Morgan fingerprint density at radius 3 is 2.70 bits per heavy atom. The van der Waals surface area contributed by atoms with Crippen LogP contribution in [0.3, 0.4) is 0 Å². The third kappa shape index (κ3) is 6.22. The zero-order valence-electron chi connectivity index (χ0n) is 21.7. The van der Waals surface area contributed by atoms with Gasteiger partial charge in [-0.05, 0) is 25.0 Å². The van der Waals surface area contributed by atoms with Crippen LogP contribution in [0.25, 0.3) is 11.2 Å². The largest absolute Gasteiger partial charge is 0.494 e. The van der Waals surface area contributed by atoms with Crippen LogP contribution in [0.15, 0.2) is 24.5 Å². The lowest BCUT2D eigenvalue weighted by Crippen LogP contribution is -2.48. The van der Waals surface area contributed by atoms with E-state index < -0.39 is 0 Å². The Morgan fingerprint density at radius 2 is 1.95 bits per heavy atom. The number of aromatic amines is 1. The van der Waals surface area contributed by atoms with Gasteiger partial charge in [-0.15, -0.1) is 0 Å². The van der Waals surface area contributed by atoms with Crippen LogP contribution in [0.2, 0.25) is 0 Å². The van der Waals surface area contributed by atoms with E-state index in [9.17, 15) is 4.79 Å². The third-order valence-electron chi connectivity index (χ3n) is 7.20. The van der Waals surface area contributed by atoms with Gasteiger partial charge in [0.15, 0.2) is 11.5 Å². The fraction of sp³-hybridized carbons (Fsp3) is 0.538. The van der Waals surface area contributed by atoms with Crippen LogP contribution in [0, 0.1) is 0 Å². The molecule has 3 heterocycles. The van der Waals surface area contributed by atoms with Gasteiger partial charge in [0.25, 0.3) is 0 Å². The Labute approximate surface area is 217 Å². The van der Waals surface area contributed by atoms with Gasteiger partial charge in [0.05, 0.1) is 19.1 Å². The predicted octanol–water partition coefficient (Wildman–Crippen LogP) is 3.11. The minimum atomic E-state index is 0.0195. The number of benzene rings is 1. The number of nitrogens with one attached hydrogen (secondary N) is 4. The van der Waals surface area contributed by atoms with E-state index >= 15 is 0 Å². The molecule has 2 aromatic heterocycles. The number of anilines is 4. The lowest BCUT2D eigenvalue weighted by Gasteiger charge is -2.36. The monoisotopic (exact) mass is 507 g/mol. The van der Waals surface area contributed by atoms with E-state index in [1.54, 1.807) is 20.4 Å². The van der Waals surface area contributed by atoms with Crippen LogP contribution in [-0.4, -0.2) is 83.2 Å². The highest BCUT2D eigenvalue weighted by molar-refractivity contribution is 5.84. The van der Waals surface area contributed by atoms with Crippen molar-refractivity contribution in [1.29, 1.82) is 0 Å². The Hall–Kier alpha value is -3.60. The molecular formula is C26H37N9O2. The van der Waals surface area contributed by atoms with E-state index in [0.29, 0.717) is 24.2 Å². The predicted molar refractivity (Wildman–Crippen MR) is 146 cm³/mol. The maximum absolute atomic E-state index is 11.1. The second-order valence-electron chi connectivity index (χ2n) is 9.80. The minimum absolute atomic E-state index is 0.0195. The molecule has 1 aliphatic carbocycles. The number of rotatable bonds is 9. The van der Waals surface area contributed by atoms with Gasteiger partial charge in [-0.2, -0.15) is 9.97 Å². The summed E-state index contributed by atoms with van der Waals surface area (Å²) in [6, 6.07) is 6.60. The summed E-state index contributed by atoms with van der Waals surface area (Å²) in [5, 5.41) is 9.83. The molecule has 11 nitrogen and oxygen atoms in total. The first-order valence-corrected chi connectivity index (χ1v) is 13.2. The summed E-state index contributed by atoms with van der Waals surface area (Å²) in [5.74, 6) is 2.01. The first-order chi connectivity index (χ1) is 18.1. The van der Waals surface area contributed by atoms with E-state index in [-0.39, 0.29) is 5.91 Å².